The van der Waals surface area contributed by atoms with Crippen molar-refractivity contribution in [2.24, 2.45) is 11.8 Å². The molecule has 1 N–H and O–H groups in total. The highest BCUT2D eigenvalue weighted by Crippen LogP contribution is 2.64. The highest BCUT2D eigenvalue weighted by molar-refractivity contribution is 7.71. The smallest absolute Gasteiger partial charge is 0.195 e. The van der Waals surface area contributed by atoms with Gasteiger partial charge < -0.3 is 4.57 Å². The van der Waals surface area contributed by atoms with E-state index in [9.17, 15) is 0 Å². The van der Waals surface area contributed by atoms with Gasteiger partial charge in [0.2, 0.25) is 0 Å². The number of hydrogen-bond donors (Lipinski definition) is 1. The van der Waals surface area contributed by atoms with Crippen LogP contribution in [0.5, 0.6) is 0 Å². The van der Waals surface area contributed by atoms with E-state index < -0.39 is 0 Å². The Morgan fingerprint density at radius 3 is 2.95 bits per heavy atom. The summed E-state index contributed by atoms with van der Waals surface area (Å²) >= 11 is 5.43. The predicted octanol–water partition coefficient (Wildman–Crippen LogP) is 4.04. The molecule has 21 heavy (non-hydrogen) atoms. The number of benzene rings is 1. The third-order valence-corrected chi connectivity index (χ3v) is 5.28. The lowest BCUT2D eigenvalue weighted by molar-refractivity contribution is 0.499. The molecule has 0 bridgehead atoms. The molecule has 1 fully saturated rings. The Kier molecular flexibility index (Phi) is 3.03. The molecule has 1 heterocycles. The molecule has 0 saturated heterocycles. The van der Waals surface area contributed by atoms with E-state index >= 15 is 0 Å². The van der Waals surface area contributed by atoms with Crippen LogP contribution in [-0.2, 0) is 13.0 Å². The molecular weight excluding hydrogens is 278 g/mol. The summed E-state index contributed by atoms with van der Waals surface area (Å²) in [5.74, 6) is 3.74. The molecule has 0 spiro atoms. The molecule has 2 aliphatic carbocycles. The normalized spacial score (nSPS) is 26.5. The molecule has 1 aromatic carbocycles. The van der Waals surface area contributed by atoms with Crippen LogP contribution in [0.2, 0.25) is 0 Å². The monoisotopic (exact) mass is 299 g/mol. The zero-order valence-corrected chi connectivity index (χ0v) is 13.4. The number of nitrogens with one attached hydrogen (secondary N) is 1. The number of hydrogen-bond acceptors (Lipinski definition) is 2. The molecular formula is C17H21N3S. The van der Waals surface area contributed by atoms with Crippen molar-refractivity contribution in [3.05, 3.63) is 46.0 Å². The van der Waals surface area contributed by atoms with Gasteiger partial charge in [-0.15, -0.1) is 0 Å². The second kappa shape index (κ2) is 4.80. The van der Waals surface area contributed by atoms with Gasteiger partial charge in [0.05, 0.1) is 0 Å². The van der Waals surface area contributed by atoms with E-state index in [1.807, 2.05) is 0 Å². The summed E-state index contributed by atoms with van der Waals surface area (Å²) in [6, 6.07) is 8.92. The first-order valence-electron chi connectivity index (χ1n) is 7.89. The van der Waals surface area contributed by atoms with Crippen molar-refractivity contribution in [3.63, 3.8) is 0 Å². The number of fused-ring (bicyclic) bond motifs is 3. The number of aromatic amines is 1. The molecule has 1 aromatic heterocycles. The van der Waals surface area contributed by atoms with E-state index in [1.165, 1.54) is 24.2 Å². The van der Waals surface area contributed by atoms with Crippen molar-refractivity contribution < 1.29 is 0 Å². The summed E-state index contributed by atoms with van der Waals surface area (Å²) in [5.41, 5.74) is 3.08. The van der Waals surface area contributed by atoms with Gasteiger partial charge in [-0.05, 0) is 53.9 Å². The van der Waals surface area contributed by atoms with E-state index in [4.69, 9.17) is 12.2 Å². The van der Waals surface area contributed by atoms with Gasteiger partial charge in [0, 0.05) is 12.5 Å². The SMILES string of the molecule is CC(C)Cn1c(C2C3CCc4ccccc4C32)n[nH]c1=S. The fourth-order valence-corrected chi connectivity index (χ4v) is 4.26. The van der Waals surface area contributed by atoms with Crippen LogP contribution < -0.4 is 0 Å². The summed E-state index contributed by atoms with van der Waals surface area (Å²) in [5, 5.41) is 7.59. The van der Waals surface area contributed by atoms with Crippen LogP contribution in [0, 0.1) is 16.6 Å². The Morgan fingerprint density at radius 2 is 2.14 bits per heavy atom. The summed E-state index contributed by atoms with van der Waals surface area (Å²) < 4.78 is 3.00. The van der Waals surface area contributed by atoms with Gasteiger partial charge in [0.1, 0.15) is 5.82 Å². The number of nitrogens with zero attached hydrogens (tertiary/aromatic N) is 2. The topological polar surface area (TPSA) is 33.6 Å². The van der Waals surface area contributed by atoms with E-state index in [0.29, 0.717) is 17.8 Å². The number of H-pyrrole nitrogens is 1. The third-order valence-electron chi connectivity index (χ3n) is 4.96. The maximum Gasteiger partial charge on any atom is 0.195 e. The third kappa shape index (κ3) is 2.08. The molecule has 0 amide bonds. The quantitative estimate of drug-likeness (QED) is 0.868. The molecule has 1 saturated carbocycles. The van der Waals surface area contributed by atoms with Gasteiger partial charge in [-0.25, -0.2) is 0 Å². The van der Waals surface area contributed by atoms with Crippen LogP contribution in [0.15, 0.2) is 24.3 Å². The highest BCUT2D eigenvalue weighted by Gasteiger charge is 2.55. The lowest BCUT2D eigenvalue weighted by Gasteiger charge is -2.13. The maximum absolute atomic E-state index is 5.43. The van der Waals surface area contributed by atoms with Crippen molar-refractivity contribution in [1.29, 1.82) is 0 Å². The van der Waals surface area contributed by atoms with Gasteiger partial charge in [0.15, 0.2) is 4.77 Å². The molecule has 0 radical (unpaired) electrons. The average molecular weight is 299 g/mol. The predicted molar refractivity (Wildman–Crippen MR) is 86.0 cm³/mol. The van der Waals surface area contributed by atoms with Gasteiger partial charge >= 0.3 is 0 Å². The van der Waals surface area contributed by atoms with E-state index in [-0.39, 0.29) is 0 Å². The Morgan fingerprint density at radius 1 is 1.33 bits per heavy atom. The zero-order chi connectivity index (χ0) is 14.6. The summed E-state index contributed by atoms with van der Waals surface area (Å²) in [4.78, 5) is 0. The molecule has 3 atom stereocenters. The van der Waals surface area contributed by atoms with Crippen molar-refractivity contribution in [3.8, 4) is 0 Å². The van der Waals surface area contributed by atoms with Crippen LogP contribution >= 0.6 is 12.2 Å². The molecule has 3 nitrogen and oxygen atoms in total. The molecule has 110 valence electrons. The maximum atomic E-state index is 5.43. The van der Waals surface area contributed by atoms with Crippen LogP contribution in [0.25, 0.3) is 0 Å². The first-order chi connectivity index (χ1) is 10.2. The average Bonchev–Trinajstić information content (AvgIpc) is 3.11. The largest absolute Gasteiger partial charge is 0.304 e. The van der Waals surface area contributed by atoms with E-state index in [0.717, 1.165) is 17.2 Å². The van der Waals surface area contributed by atoms with E-state index in [1.54, 1.807) is 5.56 Å². The fraction of sp³-hybridized carbons (Fsp3) is 0.529. The Balaban J connectivity index is 1.70. The first kappa shape index (κ1) is 13.3. The second-order valence-electron chi connectivity index (χ2n) is 6.84. The first-order valence-corrected chi connectivity index (χ1v) is 8.30. The van der Waals surface area contributed by atoms with Crippen molar-refractivity contribution in [2.75, 3.05) is 0 Å². The Labute approximate surface area is 130 Å². The lowest BCUT2D eigenvalue weighted by atomic mass is 9.92. The molecule has 0 aliphatic heterocycles. The van der Waals surface area contributed by atoms with Crippen LogP contribution in [0.3, 0.4) is 0 Å². The molecule has 3 unspecified atom stereocenters. The molecule has 4 rings (SSSR count). The Hall–Kier alpha value is -1.42. The van der Waals surface area contributed by atoms with Crippen molar-refractivity contribution in [1.82, 2.24) is 14.8 Å². The number of aromatic nitrogens is 3. The minimum atomic E-state index is 0.556. The number of rotatable bonds is 3. The standard InChI is InChI=1S/C17H21N3S/c1-10(2)9-20-16(18-19-17(20)21)15-13-8-7-11-5-3-4-6-12(11)14(13)15/h3-6,10,13-15H,7-9H2,1-2H3,(H,19,21). The van der Waals surface area contributed by atoms with Crippen LogP contribution in [0.1, 0.15) is 49.1 Å². The molecule has 2 aromatic rings. The molecule has 4 heteroatoms. The highest BCUT2D eigenvalue weighted by atomic mass is 32.1. The van der Waals surface area contributed by atoms with Crippen LogP contribution in [0.4, 0.5) is 0 Å². The minimum Gasteiger partial charge on any atom is -0.304 e. The Bertz CT molecular complexity index is 728. The summed E-state index contributed by atoms with van der Waals surface area (Å²) in [6.07, 6.45) is 2.50. The fourth-order valence-electron chi connectivity index (χ4n) is 4.04. The van der Waals surface area contributed by atoms with Crippen LogP contribution in [-0.4, -0.2) is 14.8 Å². The second-order valence-corrected chi connectivity index (χ2v) is 7.23. The minimum absolute atomic E-state index is 0.556. The van der Waals surface area contributed by atoms with Crippen molar-refractivity contribution >= 4 is 12.2 Å². The summed E-state index contributed by atoms with van der Waals surface area (Å²) in [7, 11) is 0. The van der Waals surface area contributed by atoms with Gasteiger partial charge in [0.25, 0.3) is 0 Å². The summed E-state index contributed by atoms with van der Waals surface area (Å²) in [6.45, 7) is 5.42. The zero-order valence-electron chi connectivity index (χ0n) is 12.5. The van der Waals surface area contributed by atoms with Crippen molar-refractivity contribution in [2.45, 2.75) is 45.1 Å². The van der Waals surface area contributed by atoms with Gasteiger partial charge in [-0.2, -0.15) is 5.10 Å². The lowest BCUT2D eigenvalue weighted by Crippen LogP contribution is -2.08. The van der Waals surface area contributed by atoms with Gasteiger partial charge in [-0.3, -0.25) is 5.10 Å². The number of aryl methyl sites for hydroxylation is 1. The van der Waals surface area contributed by atoms with Gasteiger partial charge in [-0.1, -0.05) is 38.1 Å². The molecule has 2 aliphatic rings. The van der Waals surface area contributed by atoms with E-state index in [2.05, 4.69) is 52.9 Å².